The summed E-state index contributed by atoms with van der Waals surface area (Å²) in [5.41, 5.74) is 3.30. The Bertz CT molecular complexity index is 1160. The minimum absolute atomic E-state index is 0.172. The van der Waals surface area contributed by atoms with Gasteiger partial charge in [-0.05, 0) is 36.1 Å². The van der Waals surface area contributed by atoms with Crippen molar-refractivity contribution in [1.82, 2.24) is 14.5 Å². The zero-order valence-electron chi connectivity index (χ0n) is 15.2. The Morgan fingerprint density at radius 2 is 1.75 bits per heavy atom. The molecule has 0 saturated carbocycles. The number of hydrogen-bond donors (Lipinski definition) is 1. The second kappa shape index (κ2) is 7.71. The highest BCUT2D eigenvalue weighted by molar-refractivity contribution is 7.89. The van der Waals surface area contributed by atoms with Gasteiger partial charge in [-0.25, -0.2) is 17.8 Å². The van der Waals surface area contributed by atoms with Gasteiger partial charge in [0.2, 0.25) is 10.0 Å². The number of hydrogen-bond acceptors (Lipinski definition) is 4. The van der Waals surface area contributed by atoms with Crippen molar-refractivity contribution in [1.29, 1.82) is 0 Å². The number of para-hydroxylation sites is 1. The van der Waals surface area contributed by atoms with Gasteiger partial charge in [-0.3, -0.25) is 0 Å². The van der Waals surface area contributed by atoms with E-state index in [2.05, 4.69) is 9.82 Å². The Morgan fingerprint density at radius 3 is 2.43 bits per heavy atom. The van der Waals surface area contributed by atoms with Crippen LogP contribution in [0.1, 0.15) is 11.1 Å². The second-order valence-electron chi connectivity index (χ2n) is 6.41. The van der Waals surface area contributed by atoms with Gasteiger partial charge in [0, 0.05) is 6.54 Å². The van der Waals surface area contributed by atoms with Crippen molar-refractivity contribution < 1.29 is 8.42 Å². The lowest BCUT2D eigenvalue weighted by Crippen LogP contribution is -2.23. The van der Waals surface area contributed by atoms with Crippen LogP contribution in [0.25, 0.3) is 16.3 Å². The first-order valence-corrected chi connectivity index (χ1v) is 11.1. The predicted octanol–water partition coefficient (Wildman–Crippen LogP) is 4.39. The molecule has 0 aliphatic rings. The molecule has 0 saturated heterocycles. The van der Waals surface area contributed by atoms with E-state index in [1.165, 1.54) is 11.3 Å². The Balaban J connectivity index is 1.70. The first-order valence-electron chi connectivity index (χ1n) is 8.77. The van der Waals surface area contributed by atoms with E-state index in [0.29, 0.717) is 5.69 Å². The third kappa shape index (κ3) is 3.91. The summed E-state index contributed by atoms with van der Waals surface area (Å²) in [5.74, 6) is 0. The van der Waals surface area contributed by atoms with Crippen LogP contribution in [0.4, 0.5) is 0 Å². The van der Waals surface area contributed by atoms with Crippen molar-refractivity contribution in [3.8, 4) is 16.3 Å². The van der Waals surface area contributed by atoms with Crippen LogP contribution in [-0.2, 0) is 16.6 Å². The first-order chi connectivity index (χ1) is 13.5. The van der Waals surface area contributed by atoms with Crippen LogP contribution >= 0.6 is 11.3 Å². The lowest BCUT2D eigenvalue weighted by Gasteiger charge is -2.07. The highest BCUT2D eigenvalue weighted by Crippen LogP contribution is 2.30. The molecule has 0 amide bonds. The number of sulfonamides is 1. The molecular formula is C21H19N3O2S2. The zero-order valence-corrected chi connectivity index (χ0v) is 16.9. The molecule has 0 radical (unpaired) electrons. The van der Waals surface area contributed by atoms with E-state index >= 15 is 0 Å². The fraction of sp³-hybridized carbons (Fsp3) is 0.0952. The molecular weight excluding hydrogens is 390 g/mol. The molecule has 2 aromatic carbocycles. The van der Waals surface area contributed by atoms with Crippen LogP contribution in [0.5, 0.6) is 0 Å². The Morgan fingerprint density at radius 1 is 1.00 bits per heavy atom. The van der Waals surface area contributed by atoms with Crippen molar-refractivity contribution in [3.63, 3.8) is 0 Å². The number of nitrogens with zero attached hydrogens (tertiary/aromatic N) is 2. The van der Waals surface area contributed by atoms with Gasteiger partial charge < -0.3 is 0 Å². The fourth-order valence-corrected chi connectivity index (χ4v) is 4.76. The monoisotopic (exact) mass is 409 g/mol. The van der Waals surface area contributed by atoms with Crippen LogP contribution in [0, 0.1) is 6.92 Å². The van der Waals surface area contributed by atoms with Crippen molar-refractivity contribution in [2.24, 2.45) is 0 Å². The Kier molecular flexibility index (Phi) is 5.13. The summed E-state index contributed by atoms with van der Waals surface area (Å²) < 4.78 is 30.5. The van der Waals surface area contributed by atoms with Gasteiger partial charge in [-0.15, -0.1) is 11.3 Å². The van der Waals surface area contributed by atoms with Crippen molar-refractivity contribution in [2.75, 3.05) is 0 Å². The van der Waals surface area contributed by atoms with Gasteiger partial charge in [0.15, 0.2) is 0 Å². The SMILES string of the molecule is Cc1ccc(CNS(=O)(=O)c2cn(-c3ccccc3)nc2-c2cccs2)cc1. The topological polar surface area (TPSA) is 64.0 Å². The van der Waals surface area contributed by atoms with Gasteiger partial charge in [-0.2, -0.15) is 5.10 Å². The van der Waals surface area contributed by atoms with Crippen LogP contribution < -0.4 is 4.72 Å². The summed E-state index contributed by atoms with van der Waals surface area (Å²) in [6.07, 6.45) is 1.57. The molecule has 0 atom stereocenters. The number of benzene rings is 2. The quantitative estimate of drug-likeness (QED) is 0.514. The number of aromatic nitrogens is 2. The fourth-order valence-electron chi connectivity index (χ4n) is 2.81. The average molecular weight is 410 g/mol. The summed E-state index contributed by atoms with van der Waals surface area (Å²) in [7, 11) is -3.74. The summed E-state index contributed by atoms with van der Waals surface area (Å²) in [5, 5.41) is 6.47. The average Bonchev–Trinajstić information content (AvgIpc) is 3.38. The van der Waals surface area contributed by atoms with Crippen molar-refractivity contribution in [3.05, 3.63) is 89.4 Å². The summed E-state index contributed by atoms with van der Waals surface area (Å²) in [6.45, 7) is 2.22. The molecule has 4 rings (SSSR count). The molecule has 0 spiro atoms. The molecule has 0 fully saturated rings. The number of rotatable bonds is 6. The van der Waals surface area contributed by atoms with E-state index in [1.54, 1.807) is 10.9 Å². The van der Waals surface area contributed by atoms with E-state index in [0.717, 1.165) is 21.7 Å². The summed E-state index contributed by atoms with van der Waals surface area (Å²) in [4.78, 5) is 0.983. The molecule has 0 aliphatic heterocycles. The molecule has 5 nitrogen and oxygen atoms in total. The maximum Gasteiger partial charge on any atom is 0.244 e. The minimum Gasteiger partial charge on any atom is -0.239 e. The third-order valence-electron chi connectivity index (χ3n) is 4.33. The standard InChI is InChI=1S/C21H19N3O2S2/c1-16-9-11-17(12-10-16)14-22-28(25,26)20-15-24(18-6-3-2-4-7-18)23-21(20)19-8-5-13-27-19/h2-13,15,22H,14H2,1H3. The van der Waals surface area contributed by atoms with Crippen molar-refractivity contribution in [2.45, 2.75) is 18.4 Å². The van der Waals surface area contributed by atoms with E-state index in [4.69, 9.17) is 0 Å². The molecule has 7 heteroatoms. The molecule has 28 heavy (non-hydrogen) atoms. The maximum absolute atomic E-state index is 13.1. The lowest BCUT2D eigenvalue weighted by atomic mass is 10.2. The Hall–Kier alpha value is -2.74. The summed E-state index contributed by atoms with van der Waals surface area (Å²) in [6, 6.07) is 21.0. The van der Waals surface area contributed by atoms with E-state index < -0.39 is 10.0 Å². The third-order valence-corrected chi connectivity index (χ3v) is 6.61. The highest BCUT2D eigenvalue weighted by Gasteiger charge is 2.24. The zero-order chi connectivity index (χ0) is 19.6. The first kappa shape index (κ1) is 18.6. The van der Waals surface area contributed by atoms with Gasteiger partial charge >= 0.3 is 0 Å². The number of aryl methyl sites for hydroxylation is 1. The normalized spacial score (nSPS) is 11.6. The smallest absolute Gasteiger partial charge is 0.239 e. The largest absolute Gasteiger partial charge is 0.244 e. The van der Waals surface area contributed by atoms with Crippen LogP contribution in [-0.4, -0.2) is 18.2 Å². The second-order valence-corrected chi connectivity index (χ2v) is 9.09. The molecule has 0 bridgehead atoms. The van der Waals surface area contributed by atoms with Crippen LogP contribution in [0.2, 0.25) is 0 Å². The van der Waals surface area contributed by atoms with E-state index in [9.17, 15) is 8.42 Å². The summed E-state index contributed by atoms with van der Waals surface area (Å²) >= 11 is 1.46. The maximum atomic E-state index is 13.1. The Labute approximate surface area is 168 Å². The molecule has 1 N–H and O–H groups in total. The van der Waals surface area contributed by atoms with Gasteiger partial charge in [-0.1, -0.05) is 54.1 Å². The number of thiophene rings is 1. The van der Waals surface area contributed by atoms with Gasteiger partial charge in [0.25, 0.3) is 0 Å². The molecule has 4 aromatic rings. The van der Waals surface area contributed by atoms with E-state index in [1.807, 2.05) is 79.0 Å². The lowest BCUT2D eigenvalue weighted by molar-refractivity contribution is 0.581. The highest BCUT2D eigenvalue weighted by atomic mass is 32.2. The molecule has 2 aromatic heterocycles. The minimum atomic E-state index is -3.74. The van der Waals surface area contributed by atoms with Crippen LogP contribution in [0.3, 0.4) is 0 Å². The van der Waals surface area contributed by atoms with Gasteiger partial charge in [0.1, 0.15) is 10.6 Å². The van der Waals surface area contributed by atoms with Gasteiger partial charge in [0.05, 0.1) is 16.8 Å². The number of nitrogens with one attached hydrogen (secondary N) is 1. The van der Waals surface area contributed by atoms with Crippen molar-refractivity contribution >= 4 is 21.4 Å². The molecule has 0 unspecified atom stereocenters. The molecule has 0 aliphatic carbocycles. The predicted molar refractivity (Wildman–Crippen MR) is 112 cm³/mol. The van der Waals surface area contributed by atoms with Crippen LogP contribution in [0.15, 0.2) is 83.2 Å². The van der Waals surface area contributed by atoms with E-state index in [-0.39, 0.29) is 11.4 Å². The molecule has 142 valence electrons. The molecule has 2 heterocycles.